The number of nitrogens with one attached hydrogen (secondary N) is 3. The number of amidine groups is 1. The maximum absolute atomic E-state index is 14.0. The van der Waals surface area contributed by atoms with Crippen LogP contribution in [0.2, 0.25) is 0 Å². The maximum atomic E-state index is 14.0. The highest BCUT2D eigenvalue weighted by Gasteiger charge is 2.38. The van der Waals surface area contributed by atoms with Gasteiger partial charge >= 0.3 is 18.1 Å². The van der Waals surface area contributed by atoms with Gasteiger partial charge in [0.2, 0.25) is 5.91 Å². The Morgan fingerprint density at radius 3 is 2.16 bits per heavy atom. The van der Waals surface area contributed by atoms with Gasteiger partial charge in [-0.15, -0.1) is 11.3 Å². The number of hydrogen-bond acceptors (Lipinski definition) is 9. The van der Waals surface area contributed by atoms with E-state index < -0.39 is 39.9 Å². The number of nitrogens with zero attached hydrogens (tertiary/aromatic N) is 1. The summed E-state index contributed by atoms with van der Waals surface area (Å²) in [6.07, 6.45) is -4.20. The van der Waals surface area contributed by atoms with Crippen LogP contribution in [0.5, 0.6) is 0 Å². The van der Waals surface area contributed by atoms with Crippen molar-refractivity contribution in [2.45, 2.75) is 49.8 Å². The molecule has 0 fully saturated rings. The number of anilines is 1. The Kier molecular flexibility index (Phi) is 13.7. The van der Waals surface area contributed by atoms with E-state index in [2.05, 4.69) is 10.0 Å². The smallest absolute Gasteiger partial charge is 0.475 e. The first kappa shape index (κ1) is 41.9. The molecule has 0 spiro atoms. The minimum atomic E-state index is -5.08. The highest BCUT2D eigenvalue weighted by molar-refractivity contribution is 7.92. The van der Waals surface area contributed by atoms with E-state index in [9.17, 15) is 40.4 Å². The van der Waals surface area contributed by atoms with Gasteiger partial charge in [0.05, 0.1) is 17.9 Å². The van der Waals surface area contributed by atoms with Crippen molar-refractivity contribution in [1.82, 2.24) is 10.2 Å². The van der Waals surface area contributed by atoms with Crippen molar-refractivity contribution in [3.05, 3.63) is 117 Å². The number of rotatable bonds is 12. The average molecular weight is 806 g/mol. The van der Waals surface area contributed by atoms with Gasteiger partial charge in [-0.1, -0.05) is 24.3 Å². The highest BCUT2D eigenvalue weighted by Crippen LogP contribution is 2.29. The second kappa shape index (κ2) is 18.0. The van der Waals surface area contributed by atoms with Crippen LogP contribution in [0.3, 0.4) is 0 Å². The van der Waals surface area contributed by atoms with E-state index in [-0.39, 0.29) is 46.7 Å². The number of fused-ring (bicyclic) bond motifs is 1. The number of ether oxygens (including phenoxy) is 1. The molecule has 1 atom stereocenters. The number of carbonyl (C=O) groups excluding carboxylic acids is 3. The van der Waals surface area contributed by atoms with Crippen LogP contribution in [0.4, 0.5) is 23.2 Å². The number of hydrogen-bond donors (Lipinski definition) is 5. The van der Waals surface area contributed by atoms with Gasteiger partial charge < -0.3 is 25.8 Å². The van der Waals surface area contributed by atoms with E-state index in [1.165, 1.54) is 35.6 Å². The van der Waals surface area contributed by atoms with Crippen molar-refractivity contribution in [3.63, 3.8) is 0 Å². The Bertz CT molecular complexity index is 2140. The molecule has 0 bridgehead atoms. The number of nitrogens with two attached hydrogens (primary N) is 1. The van der Waals surface area contributed by atoms with E-state index in [1.54, 1.807) is 48.2 Å². The molecular formula is C36H35F4N5O8S2. The third kappa shape index (κ3) is 11.8. The molecule has 2 amide bonds. The minimum absolute atomic E-state index is 0.0963. The minimum Gasteiger partial charge on any atom is -0.475 e. The van der Waals surface area contributed by atoms with Crippen LogP contribution >= 0.6 is 11.3 Å². The van der Waals surface area contributed by atoms with E-state index in [0.717, 1.165) is 27.5 Å². The summed E-state index contributed by atoms with van der Waals surface area (Å²) in [5, 5.41) is 17.6. The Morgan fingerprint density at radius 1 is 1.00 bits per heavy atom. The summed E-state index contributed by atoms with van der Waals surface area (Å²) in [4.78, 5) is 51.8. The van der Waals surface area contributed by atoms with E-state index >= 15 is 0 Å². The molecule has 1 aliphatic rings. The lowest BCUT2D eigenvalue weighted by molar-refractivity contribution is -0.192. The second-order valence-electron chi connectivity index (χ2n) is 11.9. The van der Waals surface area contributed by atoms with Crippen LogP contribution in [-0.4, -0.2) is 73.4 Å². The van der Waals surface area contributed by atoms with Gasteiger partial charge in [-0.25, -0.2) is 17.6 Å². The summed E-state index contributed by atoms with van der Waals surface area (Å²) in [5.41, 5.74) is 8.15. The number of carbonyl (C=O) groups is 4. The Labute approximate surface area is 316 Å². The largest absolute Gasteiger partial charge is 0.490 e. The summed E-state index contributed by atoms with van der Waals surface area (Å²) >= 11 is 1.53. The number of aliphatic carboxylic acids is 1. The van der Waals surface area contributed by atoms with Crippen molar-refractivity contribution in [3.8, 4) is 0 Å². The van der Waals surface area contributed by atoms with E-state index in [0.29, 0.717) is 37.2 Å². The molecule has 19 heteroatoms. The van der Waals surface area contributed by atoms with E-state index in [4.69, 9.17) is 25.8 Å². The number of thiophene rings is 1. The number of esters is 1. The fourth-order valence-corrected chi connectivity index (χ4v) is 7.47. The number of carboxylic acids is 1. The molecule has 6 N–H and O–H groups in total. The second-order valence-corrected chi connectivity index (χ2v) is 14.8. The van der Waals surface area contributed by atoms with Gasteiger partial charge in [0.15, 0.2) is 0 Å². The number of alkyl halides is 3. The number of carboxylic acid groups (broad SMARTS) is 1. The number of amides is 2. The van der Waals surface area contributed by atoms with Crippen LogP contribution in [0.15, 0.2) is 83.8 Å². The topological polar surface area (TPSA) is 209 Å². The van der Waals surface area contributed by atoms with Gasteiger partial charge in [0.25, 0.3) is 15.9 Å². The molecule has 13 nitrogen and oxygen atoms in total. The summed E-state index contributed by atoms with van der Waals surface area (Å²) in [6, 6.07) is 18.0. The zero-order valence-corrected chi connectivity index (χ0v) is 30.6. The predicted octanol–water partition coefficient (Wildman–Crippen LogP) is 4.64. The number of nitrogen functional groups attached to an aromatic ring is 1. The standard InChI is InChI=1S/C34H34FN5O6S2.C2HF3O2/c1-2-46-31(41)19-27-18-24-20-40(16-15-30(24)47-27)34(43)29(38-33(42)23-7-5-22(6-8-23)32(36)37)17-21-3-11-26(12-4-21)39-48(44,45)28-13-9-25(35)10-14-28;3-2(4,5)1(6)7/h3-14,18,29,39H,2,15-17,19-20H2,1H3,(H3,36,37)(H,38,42);(H,6,7)/t29-;/m0./s1. The molecule has 0 saturated heterocycles. The van der Waals surface area contributed by atoms with Crippen LogP contribution in [0, 0.1) is 11.2 Å². The normalized spacial score (nSPS) is 13.0. The van der Waals surface area contributed by atoms with Gasteiger partial charge in [0, 0.05) is 46.1 Å². The molecule has 2 heterocycles. The van der Waals surface area contributed by atoms with Crippen molar-refractivity contribution < 1.29 is 55.0 Å². The molecule has 3 aromatic carbocycles. The van der Waals surface area contributed by atoms with E-state index in [1.807, 2.05) is 6.07 Å². The Morgan fingerprint density at radius 2 is 1.60 bits per heavy atom. The van der Waals surface area contributed by atoms with Gasteiger partial charge in [-0.05, 0) is 79.1 Å². The average Bonchev–Trinajstić information content (AvgIpc) is 3.53. The molecule has 0 saturated carbocycles. The molecule has 292 valence electrons. The molecule has 1 aromatic heterocycles. The van der Waals surface area contributed by atoms with Crippen LogP contribution in [0.1, 0.15) is 43.7 Å². The number of benzene rings is 3. The highest BCUT2D eigenvalue weighted by atomic mass is 32.2. The number of halogens is 4. The van der Waals surface area contributed by atoms with Crippen molar-refractivity contribution in [2.75, 3.05) is 17.9 Å². The first-order valence-electron chi connectivity index (χ1n) is 16.3. The van der Waals surface area contributed by atoms with Gasteiger partial charge in [-0.3, -0.25) is 24.5 Å². The predicted molar refractivity (Wildman–Crippen MR) is 194 cm³/mol. The van der Waals surface area contributed by atoms with Crippen molar-refractivity contribution >= 4 is 56.6 Å². The summed E-state index contributed by atoms with van der Waals surface area (Å²) in [7, 11) is -3.96. The summed E-state index contributed by atoms with van der Waals surface area (Å²) in [6.45, 7) is 2.80. The molecule has 5 rings (SSSR count). The SMILES string of the molecule is CCOC(=O)Cc1cc2c(s1)CCN(C(=O)[C@H](Cc1ccc(NS(=O)(=O)c3ccc(F)cc3)cc1)NC(=O)c1ccc(C(=N)N)cc1)C2.O=C(O)C(F)(F)F. The van der Waals surface area contributed by atoms with Crippen molar-refractivity contribution in [1.29, 1.82) is 5.41 Å². The van der Waals surface area contributed by atoms with Crippen molar-refractivity contribution in [2.24, 2.45) is 5.73 Å². The van der Waals surface area contributed by atoms with Crippen LogP contribution in [0.25, 0.3) is 0 Å². The fraction of sp³-hybridized carbons (Fsp3) is 0.250. The lowest BCUT2D eigenvalue weighted by Crippen LogP contribution is -2.50. The van der Waals surface area contributed by atoms with Crippen LogP contribution < -0.4 is 15.8 Å². The van der Waals surface area contributed by atoms with Gasteiger partial charge in [-0.2, -0.15) is 13.2 Å². The number of sulfonamides is 1. The Hall–Kier alpha value is -5.82. The maximum Gasteiger partial charge on any atom is 0.490 e. The lowest BCUT2D eigenvalue weighted by atomic mass is 10.0. The molecular weight excluding hydrogens is 771 g/mol. The molecule has 0 aliphatic carbocycles. The molecule has 55 heavy (non-hydrogen) atoms. The monoisotopic (exact) mass is 805 g/mol. The van der Waals surface area contributed by atoms with Crippen LogP contribution in [-0.2, 0) is 55.0 Å². The third-order valence-electron chi connectivity index (χ3n) is 7.93. The molecule has 4 aromatic rings. The zero-order valence-electron chi connectivity index (χ0n) is 29.0. The first-order valence-corrected chi connectivity index (χ1v) is 18.6. The summed E-state index contributed by atoms with van der Waals surface area (Å²) in [5.74, 6) is -4.54. The van der Waals surface area contributed by atoms with Gasteiger partial charge in [0.1, 0.15) is 17.7 Å². The zero-order chi connectivity index (χ0) is 40.5. The summed E-state index contributed by atoms with van der Waals surface area (Å²) < 4.78 is 78.1. The quantitative estimate of drug-likeness (QED) is 0.0584. The molecule has 1 aliphatic heterocycles. The lowest BCUT2D eigenvalue weighted by Gasteiger charge is -2.31. The first-order chi connectivity index (χ1) is 25.9. The third-order valence-corrected chi connectivity index (χ3v) is 10.6. The Balaban J connectivity index is 0.000000876. The fourth-order valence-electron chi connectivity index (χ4n) is 5.26. The molecule has 0 unspecified atom stereocenters. The molecule has 0 radical (unpaired) electrons.